The second-order valence-corrected chi connectivity index (χ2v) is 8.56. The molecule has 146 valence electrons. The van der Waals surface area contributed by atoms with E-state index in [1.807, 2.05) is 42.2 Å². The highest BCUT2D eigenvalue weighted by atomic mass is 35.5. The predicted molar refractivity (Wildman–Crippen MR) is 113 cm³/mol. The fourth-order valence-electron chi connectivity index (χ4n) is 4.74. The molecule has 0 unspecified atom stereocenters. The van der Waals surface area contributed by atoms with E-state index in [9.17, 15) is 9.59 Å². The molecule has 1 aliphatic heterocycles. The zero-order valence-corrected chi connectivity index (χ0v) is 17.1. The molecule has 1 spiro atoms. The second-order valence-electron chi connectivity index (χ2n) is 8.13. The van der Waals surface area contributed by atoms with E-state index in [0.29, 0.717) is 5.02 Å². The fourth-order valence-corrected chi connectivity index (χ4v) is 4.91. The van der Waals surface area contributed by atoms with Crippen molar-refractivity contribution >= 4 is 34.8 Å². The molecule has 4 nitrogen and oxygen atoms in total. The Hall–Kier alpha value is -2.33. The van der Waals surface area contributed by atoms with Gasteiger partial charge in [0.05, 0.1) is 0 Å². The minimum atomic E-state index is -0.0228. The first-order valence-corrected chi connectivity index (χ1v) is 10.2. The van der Waals surface area contributed by atoms with E-state index in [1.54, 1.807) is 13.0 Å². The van der Waals surface area contributed by atoms with Crippen LogP contribution >= 0.6 is 11.6 Å². The van der Waals surface area contributed by atoms with Crippen LogP contribution in [0.1, 0.15) is 43.7 Å². The number of fused-ring (bicyclic) bond motifs is 2. The van der Waals surface area contributed by atoms with Gasteiger partial charge in [0.1, 0.15) is 0 Å². The number of para-hydroxylation sites is 1. The third-order valence-electron chi connectivity index (χ3n) is 6.38. The van der Waals surface area contributed by atoms with E-state index in [-0.39, 0.29) is 23.1 Å². The predicted octanol–water partition coefficient (Wildman–Crippen LogP) is 5.08. The smallest absolute Gasteiger partial charge is 0.227 e. The van der Waals surface area contributed by atoms with Crippen molar-refractivity contribution in [2.45, 2.75) is 44.9 Å². The van der Waals surface area contributed by atoms with Crippen molar-refractivity contribution in [3.8, 4) is 0 Å². The molecule has 0 atom stereocenters. The SMILES string of the molecule is CC(=O)N1CC2(CCC(C(=O)Nc3cc(Cl)ccc3C)CC2)c2ccccc21. The van der Waals surface area contributed by atoms with Crippen molar-refractivity contribution in [3.05, 3.63) is 58.6 Å². The molecule has 1 saturated carbocycles. The third kappa shape index (κ3) is 3.30. The number of benzene rings is 2. The highest BCUT2D eigenvalue weighted by Crippen LogP contribution is 2.50. The molecule has 28 heavy (non-hydrogen) atoms. The van der Waals surface area contributed by atoms with Crippen LogP contribution in [0.3, 0.4) is 0 Å². The van der Waals surface area contributed by atoms with Gasteiger partial charge in [-0.15, -0.1) is 0 Å². The van der Waals surface area contributed by atoms with Crippen molar-refractivity contribution in [3.63, 3.8) is 0 Å². The lowest BCUT2D eigenvalue weighted by molar-refractivity contribution is -0.121. The normalized spacial score (nSPS) is 23.5. The van der Waals surface area contributed by atoms with Crippen LogP contribution in [0.4, 0.5) is 11.4 Å². The zero-order chi connectivity index (χ0) is 19.9. The molecule has 0 saturated heterocycles. The second kappa shape index (κ2) is 7.25. The summed E-state index contributed by atoms with van der Waals surface area (Å²) in [4.78, 5) is 26.8. The highest BCUT2D eigenvalue weighted by molar-refractivity contribution is 6.31. The Balaban J connectivity index is 1.48. The molecule has 1 N–H and O–H groups in total. The minimum absolute atomic E-state index is 0.0115. The summed E-state index contributed by atoms with van der Waals surface area (Å²) < 4.78 is 0. The number of anilines is 2. The van der Waals surface area contributed by atoms with E-state index in [4.69, 9.17) is 11.6 Å². The Bertz CT molecular complexity index is 932. The van der Waals surface area contributed by atoms with Crippen molar-refractivity contribution in [1.82, 2.24) is 0 Å². The van der Waals surface area contributed by atoms with E-state index in [0.717, 1.165) is 49.2 Å². The van der Waals surface area contributed by atoms with Gasteiger partial charge in [-0.3, -0.25) is 9.59 Å². The lowest BCUT2D eigenvalue weighted by Crippen LogP contribution is -2.40. The van der Waals surface area contributed by atoms with Gasteiger partial charge in [0, 0.05) is 41.2 Å². The Morgan fingerprint density at radius 3 is 2.57 bits per heavy atom. The molecule has 2 aromatic carbocycles. The molecule has 1 heterocycles. The van der Waals surface area contributed by atoms with Crippen molar-refractivity contribution in [2.75, 3.05) is 16.8 Å². The van der Waals surface area contributed by atoms with Gasteiger partial charge in [0.25, 0.3) is 0 Å². The summed E-state index contributed by atoms with van der Waals surface area (Å²) in [7, 11) is 0. The van der Waals surface area contributed by atoms with Gasteiger partial charge in [-0.05, 0) is 61.9 Å². The number of nitrogens with zero attached hydrogens (tertiary/aromatic N) is 1. The van der Waals surface area contributed by atoms with Crippen LogP contribution in [0.2, 0.25) is 5.02 Å². The van der Waals surface area contributed by atoms with E-state index < -0.39 is 0 Å². The molecule has 5 heteroatoms. The Kier molecular flexibility index (Phi) is 4.92. The minimum Gasteiger partial charge on any atom is -0.326 e. The molecule has 2 aromatic rings. The zero-order valence-electron chi connectivity index (χ0n) is 16.3. The maximum Gasteiger partial charge on any atom is 0.227 e. The molecule has 0 aromatic heterocycles. The first kappa shape index (κ1) is 19.0. The summed E-state index contributed by atoms with van der Waals surface area (Å²) in [6.07, 6.45) is 3.48. The summed E-state index contributed by atoms with van der Waals surface area (Å²) >= 11 is 6.07. The van der Waals surface area contributed by atoms with Crippen molar-refractivity contribution < 1.29 is 9.59 Å². The number of carbonyl (C=O) groups is 2. The molecule has 2 amide bonds. The lowest BCUT2D eigenvalue weighted by Gasteiger charge is -2.37. The Morgan fingerprint density at radius 2 is 1.86 bits per heavy atom. The number of nitrogens with one attached hydrogen (secondary N) is 1. The number of carbonyl (C=O) groups excluding carboxylic acids is 2. The largest absolute Gasteiger partial charge is 0.326 e. The average Bonchev–Trinajstić information content (AvgIpc) is 3.00. The van der Waals surface area contributed by atoms with Gasteiger partial charge in [-0.25, -0.2) is 0 Å². The number of amides is 2. The molecule has 1 aliphatic carbocycles. The van der Waals surface area contributed by atoms with E-state index >= 15 is 0 Å². The first-order valence-electron chi connectivity index (χ1n) is 9.84. The number of aryl methyl sites for hydroxylation is 1. The van der Waals surface area contributed by atoms with Gasteiger partial charge < -0.3 is 10.2 Å². The Morgan fingerprint density at radius 1 is 1.14 bits per heavy atom. The third-order valence-corrected chi connectivity index (χ3v) is 6.61. The topological polar surface area (TPSA) is 49.4 Å². The van der Waals surface area contributed by atoms with Gasteiger partial charge in [-0.2, -0.15) is 0 Å². The van der Waals surface area contributed by atoms with Gasteiger partial charge >= 0.3 is 0 Å². The standard InChI is InChI=1S/C23H25ClN2O2/c1-15-7-8-18(24)13-20(15)25-22(28)17-9-11-23(12-10-17)14-26(16(2)27)21-6-4-3-5-19(21)23/h3-8,13,17H,9-12,14H2,1-2H3,(H,25,28). The quantitative estimate of drug-likeness (QED) is 0.769. The number of hydrogen-bond acceptors (Lipinski definition) is 2. The number of halogens is 1. The van der Waals surface area contributed by atoms with Gasteiger partial charge in [0.15, 0.2) is 0 Å². The summed E-state index contributed by atoms with van der Waals surface area (Å²) in [6.45, 7) is 4.32. The summed E-state index contributed by atoms with van der Waals surface area (Å²) in [5, 5.41) is 3.68. The van der Waals surface area contributed by atoms with Crippen LogP contribution in [-0.2, 0) is 15.0 Å². The van der Waals surface area contributed by atoms with E-state index in [2.05, 4.69) is 11.4 Å². The van der Waals surface area contributed by atoms with Crippen LogP contribution < -0.4 is 10.2 Å². The maximum absolute atomic E-state index is 12.8. The molecule has 2 aliphatic rings. The molecule has 4 rings (SSSR count). The molecule has 1 fully saturated rings. The maximum atomic E-state index is 12.8. The number of hydrogen-bond donors (Lipinski definition) is 1. The van der Waals surface area contributed by atoms with Gasteiger partial charge in [0.2, 0.25) is 11.8 Å². The average molecular weight is 397 g/mol. The molecule has 0 radical (unpaired) electrons. The van der Waals surface area contributed by atoms with Crippen LogP contribution in [0, 0.1) is 12.8 Å². The van der Waals surface area contributed by atoms with Crippen LogP contribution in [-0.4, -0.2) is 18.4 Å². The highest BCUT2D eigenvalue weighted by Gasteiger charge is 2.46. The van der Waals surface area contributed by atoms with Crippen LogP contribution in [0.15, 0.2) is 42.5 Å². The van der Waals surface area contributed by atoms with Crippen LogP contribution in [0.5, 0.6) is 0 Å². The number of rotatable bonds is 2. The van der Waals surface area contributed by atoms with Crippen molar-refractivity contribution in [2.24, 2.45) is 5.92 Å². The lowest BCUT2D eigenvalue weighted by atomic mass is 9.67. The fraction of sp³-hybridized carbons (Fsp3) is 0.391. The molecule has 0 bridgehead atoms. The van der Waals surface area contributed by atoms with Crippen LogP contribution in [0.25, 0.3) is 0 Å². The molecular weight excluding hydrogens is 372 g/mol. The molecular formula is C23H25ClN2O2. The first-order chi connectivity index (χ1) is 13.4. The van der Waals surface area contributed by atoms with Gasteiger partial charge in [-0.1, -0.05) is 35.9 Å². The summed E-state index contributed by atoms with van der Waals surface area (Å²) in [5.74, 6) is 0.137. The Labute approximate surface area is 170 Å². The monoisotopic (exact) mass is 396 g/mol. The van der Waals surface area contributed by atoms with E-state index in [1.165, 1.54) is 5.56 Å². The van der Waals surface area contributed by atoms with Crippen molar-refractivity contribution in [1.29, 1.82) is 0 Å². The summed E-state index contributed by atoms with van der Waals surface area (Å²) in [6, 6.07) is 13.8. The summed E-state index contributed by atoms with van der Waals surface area (Å²) in [5.41, 5.74) is 4.06.